The molecule has 64 valence electrons. The van der Waals surface area contributed by atoms with Crippen LogP contribution in [0.5, 0.6) is 0 Å². The fraction of sp³-hybridized carbons (Fsp3) is 0.143. The Balaban J connectivity index is 3.47. The summed E-state index contributed by atoms with van der Waals surface area (Å²) in [5.41, 5.74) is -0.212. The van der Waals surface area contributed by atoms with Gasteiger partial charge in [0, 0.05) is 0 Å². The maximum Gasteiger partial charge on any atom is 0.339 e. The van der Waals surface area contributed by atoms with Crippen molar-refractivity contribution in [2.24, 2.45) is 0 Å². The molecule has 3 N–H and O–H groups in total. The number of nitrogens with one attached hydrogen (secondary N) is 1. The van der Waals surface area contributed by atoms with E-state index in [0.717, 1.165) is 0 Å². The van der Waals surface area contributed by atoms with Gasteiger partial charge >= 0.3 is 5.97 Å². The third-order valence-electron chi connectivity index (χ3n) is 1.52. The van der Waals surface area contributed by atoms with Crippen molar-refractivity contribution in [3.05, 3.63) is 28.9 Å². The van der Waals surface area contributed by atoms with Gasteiger partial charge in [0.15, 0.2) is 5.49 Å². The standard InChI is InChI=1S/C7H8N2O3/c1-4-2-3-5(7(10)11)6(8)9(4)12/h2-3,8,12H,1H3,(H,10,11). The maximum absolute atomic E-state index is 10.4. The Bertz CT molecular complexity index is 381. The second-order valence-corrected chi connectivity index (χ2v) is 2.35. The molecule has 0 aliphatic heterocycles. The topological polar surface area (TPSA) is 86.3 Å². The van der Waals surface area contributed by atoms with Crippen molar-refractivity contribution in [2.45, 2.75) is 6.92 Å². The highest BCUT2D eigenvalue weighted by Crippen LogP contribution is 1.95. The number of pyridine rings is 1. The van der Waals surface area contributed by atoms with E-state index in [2.05, 4.69) is 0 Å². The predicted molar refractivity (Wildman–Crippen MR) is 39.2 cm³/mol. The van der Waals surface area contributed by atoms with Gasteiger partial charge in [-0.1, -0.05) is 0 Å². The number of carboxylic acids is 1. The zero-order valence-electron chi connectivity index (χ0n) is 6.40. The Morgan fingerprint density at radius 2 is 2.17 bits per heavy atom. The smallest absolute Gasteiger partial charge is 0.339 e. The van der Waals surface area contributed by atoms with Crippen LogP contribution in [0, 0.1) is 12.3 Å². The molecular weight excluding hydrogens is 160 g/mol. The summed E-state index contributed by atoms with van der Waals surface area (Å²) in [7, 11) is 0. The Hall–Kier alpha value is -1.78. The molecule has 0 fully saturated rings. The van der Waals surface area contributed by atoms with Crippen LogP contribution in [-0.4, -0.2) is 21.0 Å². The first kappa shape index (κ1) is 8.32. The van der Waals surface area contributed by atoms with Gasteiger partial charge in [-0.2, -0.15) is 4.73 Å². The number of rotatable bonds is 1. The highest BCUT2D eigenvalue weighted by atomic mass is 16.5. The third-order valence-corrected chi connectivity index (χ3v) is 1.52. The van der Waals surface area contributed by atoms with E-state index in [1.165, 1.54) is 12.1 Å². The molecule has 0 atom stereocenters. The molecule has 0 amide bonds. The first-order valence-electron chi connectivity index (χ1n) is 3.24. The highest BCUT2D eigenvalue weighted by Gasteiger charge is 2.07. The number of nitrogens with zero attached hydrogens (tertiary/aromatic N) is 1. The average molecular weight is 168 g/mol. The number of hydrogen-bond acceptors (Lipinski definition) is 3. The van der Waals surface area contributed by atoms with Gasteiger partial charge in [-0.15, -0.1) is 0 Å². The molecule has 1 aromatic heterocycles. The van der Waals surface area contributed by atoms with Crippen molar-refractivity contribution >= 4 is 5.97 Å². The first-order chi connectivity index (χ1) is 5.54. The number of aromatic nitrogens is 1. The van der Waals surface area contributed by atoms with Gasteiger partial charge in [0.2, 0.25) is 0 Å². The summed E-state index contributed by atoms with van der Waals surface area (Å²) in [5.74, 6) is -1.22. The molecule has 1 aromatic rings. The summed E-state index contributed by atoms with van der Waals surface area (Å²) in [6.07, 6.45) is 0. The molecule has 5 heteroatoms. The number of aromatic carboxylic acids is 1. The summed E-state index contributed by atoms with van der Waals surface area (Å²) in [6.45, 7) is 1.57. The Morgan fingerprint density at radius 1 is 1.58 bits per heavy atom. The summed E-state index contributed by atoms with van der Waals surface area (Å²) >= 11 is 0. The fourth-order valence-electron chi connectivity index (χ4n) is 0.816. The largest absolute Gasteiger partial charge is 0.478 e. The lowest BCUT2D eigenvalue weighted by atomic mass is 10.2. The van der Waals surface area contributed by atoms with Gasteiger partial charge in [0.05, 0.1) is 5.69 Å². The normalized spacial score (nSPS) is 9.75. The van der Waals surface area contributed by atoms with Crippen LogP contribution in [0.25, 0.3) is 0 Å². The molecule has 1 heterocycles. The number of carboxylic acid groups (broad SMARTS) is 1. The molecule has 0 bridgehead atoms. The van der Waals surface area contributed by atoms with E-state index in [4.69, 9.17) is 15.7 Å². The summed E-state index contributed by atoms with van der Waals surface area (Å²) in [5, 5.41) is 24.8. The molecule has 0 radical (unpaired) electrons. The van der Waals surface area contributed by atoms with Crippen molar-refractivity contribution < 1.29 is 15.1 Å². The minimum atomic E-state index is -1.22. The van der Waals surface area contributed by atoms with Gasteiger partial charge in [0.1, 0.15) is 5.56 Å². The van der Waals surface area contributed by atoms with Crippen LogP contribution in [0.15, 0.2) is 12.1 Å². The molecule has 0 aliphatic carbocycles. The molecular formula is C7H8N2O3. The van der Waals surface area contributed by atoms with Gasteiger partial charge in [-0.25, -0.2) is 4.79 Å². The lowest BCUT2D eigenvalue weighted by Gasteiger charge is -2.03. The lowest BCUT2D eigenvalue weighted by molar-refractivity contribution is 0.0685. The van der Waals surface area contributed by atoms with Crippen LogP contribution in [0.3, 0.4) is 0 Å². The SMILES string of the molecule is Cc1ccc(C(=O)O)c(=N)n1O. The van der Waals surface area contributed by atoms with E-state index >= 15 is 0 Å². The van der Waals surface area contributed by atoms with E-state index in [1.807, 2.05) is 0 Å². The van der Waals surface area contributed by atoms with Crippen molar-refractivity contribution in [2.75, 3.05) is 0 Å². The molecule has 5 nitrogen and oxygen atoms in total. The van der Waals surface area contributed by atoms with Crippen LogP contribution in [0.4, 0.5) is 0 Å². The van der Waals surface area contributed by atoms with Gasteiger partial charge in [-0.05, 0) is 19.1 Å². The second kappa shape index (κ2) is 2.69. The Morgan fingerprint density at radius 3 is 2.67 bits per heavy atom. The van der Waals surface area contributed by atoms with Crippen LogP contribution in [0.1, 0.15) is 16.1 Å². The summed E-state index contributed by atoms with van der Waals surface area (Å²) in [4.78, 5) is 10.4. The summed E-state index contributed by atoms with van der Waals surface area (Å²) in [6, 6.07) is 2.72. The van der Waals surface area contributed by atoms with Crippen LogP contribution >= 0.6 is 0 Å². The summed E-state index contributed by atoms with van der Waals surface area (Å²) < 4.78 is 0.531. The predicted octanol–water partition coefficient (Wildman–Crippen LogP) is 0.211. The lowest BCUT2D eigenvalue weighted by Crippen LogP contribution is -2.26. The van der Waals surface area contributed by atoms with E-state index in [1.54, 1.807) is 6.92 Å². The van der Waals surface area contributed by atoms with Crippen molar-refractivity contribution in [3.8, 4) is 0 Å². The quantitative estimate of drug-likeness (QED) is 0.524. The van der Waals surface area contributed by atoms with E-state index in [0.29, 0.717) is 10.4 Å². The molecule has 0 aromatic carbocycles. The maximum atomic E-state index is 10.4. The highest BCUT2D eigenvalue weighted by molar-refractivity contribution is 5.86. The zero-order valence-corrected chi connectivity index (χ0v) is 6.40. The second-order valence-electron chi connectivity index (χ2n) is 2.35. The zero-order chi connectivity index (χ0) is 9.30. The minimum Gasteiger partial charge on any atom is -0.478 e. The molecule has 0 saturated heterocycles. The Kier molecular flexibility index (Phi) is 1.86. The van der Waals surface area contributed by atoms with E-state index in [-0.39, 0.29) is 5.56 Å². The Labute approximate surface area is 68.0 Å². The van der Waals surface area contributed by atoms with Crippen molar-refractivity contribution in [1.82, 2.24) is 4.73 Å². The van der Waals surface area contributed by atoms with Crippen LogP contribution in [-0.2, 0) is 0 Å². The molecule has 12 heavy (non-hydrogen) atoms. The number of carbonyl (C=O) groups is 1. The number of aryl methyl sites for hydroxylation is 1. The first-order valence-corrected chi connectivity index (χ1v) is 3.24. The molecule has 0 saturated carbocycles. The van der Waals surface area contributed by atoms with Gasteiger partial charge in [0.25, 0.3) is 0 Å². The van der Waals surface area contributed by atoms with Crippen LogP contribution in [0.2, 0.25) is 0 Å². The monoisotopic (exact) mass is 168 g/mol. The fourth-order valence-corrected chi connectivity index (χ4v) is 0.816. The third kappa shape index (κ3) is 1.16. The van der Waals surface area contributed by atoms with Gasteiger partial charge < -0.3 is 10.3 Å². The van der Waals surface area contributed by atoms with Gasteiger partial charge in [-0.3, -0.25) is 5.41 Å². The van der Waals surface area contributed by atoms with E-state index < -0.39 is 11.5 Å². The molecule has 0 unspecified atom stereocenters. The van der Waals surface area contributed by atoms with Crippen LogP contribution < -0.4 is 5.49 Å². The number of hydrogen-bond donors (Lipinski definition) is 3. The van der Waals surface area contributed by atoms with Crippen molar-refractivity contribution in [1.29, 1.82) is 5.41 Å². The molecule has 0 aliphatic rings. The minimum absolute atomic E-state index is 0.219. The van der Waals surface area contributed by atoms with E-state index in [9.17, 15) is 4.79 Å². The molecule has 0 spiro atoms. The van der Waals surface area contributed by atoms with Crippen molar-refractivity contribution in [3.63, 3.8) is 0 Å². The molecule has 1 rings (SSSR count). The average Bonchev–Trinajstić information content (AvgIpc) is 2.00.